The molecule has 0 radical (unpaired) electrons. The maximum Gasteiger partial charge on any atom is 0.185 e. The van der Waals surface area contributed by atoms with Crippen LogP contribution < -0.4 is 10.2 Å². The zero-order valence-corrected chi connectivity index (χ0v) is 14.2. The third kappa shape index (κ3) is 4.64. The molecule has 1 N–H and O–H groups in total. The lowest BCUT2D eigenvalue weighted by atomic mass is 10.1. The molecule has 0 amide bonds. The summed E-state index contributed by atoms with van der Waals surface area (Å²) in [5.74, 6) is 0.646. The average Bonchev–Trinajstić information content (AvgIpc) is 3.10. The minimum atomic E-state index is 0.646. The Labute approximate surface area is 131 Å². The van der Waals surface area contributed by atoms with Crippen LogP contribution in [0.25, 0.3) is 0 Å². The number of nitrogens with one attached hydrogen (secondary N) is 1. The summed E-state index contributed by atoms with van der Waals surface area (Å²) in [5.41, 5.74) is 1.23. The van der Waals surface area contributed by atoms with E-state index in [0.29, 0.717) is 5.92 Å². The van der Waals surface area contributed by atoms with Gasteiger partial charge in [-0.1, -0.05) is 6.92 Å². The number of rotatable bonds is 9. The standard InChI is InChI=1S/C15H27N3O2S/c1-4-13-14(9-16-6-8-19-2)21-15(17-13)18-7-5-12(10-18)11-20-3/h12,16H,4-11H2,1-3H3. The number of aromatic nitrogens is 1. The Morgan fingerprint density at radius 2 is 2.24 bits per heavy atom. The van der Waals surface area contributed by atoms with E-state index >= 15 is 0 Å². The molecular formula is C15H27N3O2S. The van der Waals surface area contributed by atoms with Crippen molar-refractivity contribution < 1.29 is 9.47 Å². The van der Waals surface area contributed by atoms with Crippen LogP contribution in [-0.4, -0.2) is 52.1 Å². The minimum absolute atomic E-state index is 0.646. The molecule has 2 heterocycles. The summed E-state index contributed by atoms with van der Waals surface area (Å²) < 4.78 is 10.3. The van der Waals surface area contributed by atoms with Gasteiger partial charge in [0.2, 0.25) is 0 Å². The highest BCUT2D eigenvalue weighted by molar-refractivity contribution is 7.15. The Bertz CT molecular complexity index is 425. The predicted octanol–water partition coefficient (Wildman–Crippen LogP) is 1.91. The van der Waals surface area contributed by atoms with E-state index in [0.717, 1.165) is 45.8 Å². The second kappa shape index (κ2) is 8.68. The van der Waals surface area contributed by atoms with Gasteiger partial charge in [-0.15, -0.1) is 11.3 Å². The van der Waals surface area contributed by atoms with E-state index < -0.39 is 0 Å². The molecule has 1 fully saturated rings. The van der Waals surface area contributed by atoms with Gasteiger partial charge in [-0.05, 0) is 12.8 Å². The molecular weight excluding hydrogens is 286 g/mol. The van der Waals surface area contributed by atoms with Gasteiger partial charge in [-0.2, -0.15) is 0 Å². The van der Waals surface area contributed by atoms with Gasteiger partial charge >= 0.3 is 0 Å². The van der Waals surface area contributed by atoms with E-state index in [9.17, 15) is 0 Å². The first-order chi connectivity index (χ1) is 10.3. The highest BCUT2D eigenvalue weighted by atomic mass is 32.1. The zero-order valence-electron chi connectivity index (χ0n) is 13.4. The highest BCUT2D eigenvalue weighted by Gasteiger charge is 2.25. The third-order valence-electron chi connectivity index (χ3n) is 3.83. The van der Waals surface area contributed by atoms with Crippen molar-refractivity contribution >= 4 is 16.5 Å². The molecule has 1 saturated heterocycles. The van der Waals surface area contributed by atoms with Gasteiger partial charge < -0.3 is 19.7 Å². The number of nitrogens with zero attached hydrogens (tertiary/aromatic N) is 2. The third-order valence-corrected chi connectivity index (χ3v) is 4.99. The molecule has 1 aromatic heterocycles. The summed E-state index contributed by atoms with van der Waals surface area (Å²) in [6, 6.07) is 0. The number of methoxy groups -OCH3 is 2. The summed E-state index contributed by atoms with van der Waals surface area (Å²) in [7, 11) is 3.51. The number of anilines is 1. The summed E-state index contributed by atoms with van der Waals surface area (Å²) >= 11 is 1.83. The summed E-state index contributed by atoms with van der Waals surface area (Å²) in [4.78, 5) is 8.61. The lowest BCUT2D eigenvalue weighted by Crippen LogP contribution is -2.20. The number of ether oxygens (including phenoxy) is 2. The van der Waals surface area contributed by atoms with Crippen molar-refractivity contribution in [1.29, 1.82) is 0 Å². The molecule has 21 heavy (non-hydrogen) atoms. The van der Waals surface area contributed by atoms with Gasteiger partial charge in [0.1, 0.15) is 0 Å². The first kappa shape index (κ1) is 16.7. The molecule has 1 aromatic rings. The number of aryl methyl sites for hydroxylation is 1. The summed E-state index contributed by atoms with van der Waals surface area (Å²) in [6.07, 6.45) is 2.20. The Hall–Kier alpha value is -0.690. The molecule has 0 aliphatic carbocycles. The van der Waals surface area contributed by atoms with Crippen LogP contribution in [0.3, 0.4) is 0 Å². The van der Waals surface area contributed by atoms with Crippen LogP contribution in [0.15, 0.2) is 0 Å². The van der Waals surface area contributed by atoms with Gasteiger partial charge in [0.25, 0.3) is 0 Å². The van der Waals surface area contributed by atoms with Crippen LogP contribution >= 0.6 is 11.3 Å². The van der Waals surface area contributed by atoms with Crippen LogP contribution in [0.2, 0.25) is 0 Å². The monoisotopic (exact) mass is 313 g/mol. The van der Waals surface area contributed by atoms with E-state index in [1.165, 1.54) is 22.1 Å². The van der Waals surface area contributed by atoms with E-state index in [1.54, 1.807) is 14.2 Å². The zero-order chi connectivity index (χ0) is 15.1. The van der Waals surface area contributed by atoms with Crippen molar-refractivity contribution in [2.45, 2.75) is 26.3 Å². The fourth-order valence-electron chi connectivity index (χ4n) is 2.67. The Kier molecular flexibility index (Phi) is 6.89. The van der Waals surface area contributed by atoms with E-state index in [-0.39, 0.29) is 0 Å². The molecule has 6 heteroatoms. The van der Waals surface area contributed by atoms with Crippen molar-refractivity contribution in [2.75, 3.05) is 52.0 Å². The van der Waals surface area contributed by atoms with Crippen LogP contribution in [0, 0.1) is 5.92 Å². The normalized spacial score (nSPS) is 18.6. The number of thiazole rings is 1. The molecule has 2 rings (SSSR count). The first-order valence-corrected chi connectivity index (χ1v) is 8.52. The largest absolute Gasteiger partial charge is 0.384 e. The number of hydrogen-bond acceptors (Lipinski definition) is 6. The van der Waals surface area contributed by atoms with Gasteiger partial charge in [0, 0.05) is 51.2 Å². The molecule has 1 aliphatic heterocycles. The van der Waals surface area contributed by atoms with Gasteiger partial charge in [0.15, 0.2) is 5.13 Å². The molecule has 0 bridgehead atoms. The summed E-state index contributed by atoms with van der Waals surface area (Å²) in [5, 5.41) is 4.59. The lowest BCUT2D eigenvalue weighted by Gasteiger charge is -2.14. The molecule has 0 aromatic carbocycles. The van der Waals surface area contributed by atoms with Crippen molar-refractivity contribution in [2.24, 2.45) is 5.92 Å². The van der Waals surface area contributed by atoms with E-state index in [4.69, 9.17) is 14.5 Å². The quantitative estimate of drug-likeness (QED) is 0.706. The van der Waals surface area contributed by atoms with Crippen LogP contribution in [-0.2, 0) is 22.4 Å². The smallest absolute Gasteiger partial charge is 0.185 e. The van der Waals surface area contributed by atoms with Crippen molar-refractivity contribution in [3.8, 4) is 0 Å². The van der Waals surface area contributed by atoms with Crippen molar-refractivity contribution in [3.63, 3.8) is 0 Å². The van der Waals surface area contributed by atoms with Crippen LogP contribution in [0.4, 0.5) is 5.13 Å². The van der Waals surface area contributed by atoms with Crippen LogP contribution in [0.5, 0.6) is 0 Å². The fourth-order valence-corrected chi connectivity index (χ4v) is 3.83. The minimum Gasteiger partial charge on any atom is -0.384 e. The molecule has 5 nitrogen and oxygen atoms in total. The number of hydrogen-bond donors (Lipinski definition) is 1. The molecule has 1 unspecified atom stereocenters. The molecule has 120 valence electrons. The Morgan fingerprint density at radius 1 is 1.38 bits per heavy atom. The molecule has 1 atom stereocenters. The fraction of sp³-hybridized carbons (Fsp3) is 0.800. The predicted molar refractivity (Wildman–Crippen MR) is 87.3 cm³/mol. The SMILES string of the molecule is CCc1nc(N2CCC(COC)C2)sc1CNCCOC. The van der Waals surface area contributed by atoms with Crippen LogP contribution in [0.1, 0.15) is 23.9 Å². The van der Waals surface area contributed by atoms with Crippen molar-refractivity contribution in [3.05, 3.63) is 10.6 Å². The Morgan fingerprint density at radius 3 is 2.95 bits per heavy atom. The summed E-state index contributed by atoms with van der Waals surface area (Å²) in [6.45, 7) is 7.72. The lowest BCUT2D eigenvalue weighted by molar-refractivity contribution is 0.161. The topological polar surface area (TPSA) is 46.6 Å². The van der Waals surface area contributed by atoms with Gasteiger partial charge in [0.05, 0.1) is 18.9 Å². The van der Waals surface area contributed by atoms with E-state index in [2.05, 4.69) is 17.1 Å². The van der Waals surface area contributed by atoms with Gasteiger partial charge in [-0.3, -0.25) is 0 Å². The highest BCUT2D eigenvalue weighted by Crippen LogP contribution is 2.30. The second-order valence-electron chi connectivity index (χ2n) is 5.45. The Balaban J connectivity index is 1.93. The molecule has 0 spiro atoms. The second-order valence-corrected chi connectivity index (χ2v) is 6.51. The first-order valence-electron chi connectivity index (χ1n) is 7.70. The van der Waals surface area contributed by atoms with Gasteiger partial charge in [-0.25, -0.2) is 4.98 Å². The maximum absolute atomic E-state index is 5.27. The average molecular weight is 313 g/mol. The van der Waals surface area contributed by atoms with Crippen molar-refractivity contribution in [1.82, 2.24) is 10.3 Å². The maximum atomic E-state index is 5.27. The molecule has 1 aliphatic rings. The van der Waals surface area contributed by atoms with E-state index in [1.807, 2.05) is 11.3 Å². The molecule has 0 saturated carbocycles.